The van der Waals surface area contributed by atoms with E-state index in [4.69, 9.17) is 4.74 Å². The summed E-state index contributed by atoms with van der Waals surface area (Å²) in [7, 11) is 1.68. The van der Waals surface area contributed by atoms with Crippen molar-refractivity contribution in [1.82, 2.24) is 10.6 Å². The molecule has 1 saturated heterocycles. The van der Waals surface area contributed by atoms with Gasteiger partial charge in [0.05, 0.1) is 13.2 Å². The summed E-state index contributed by atoms with van der Waals surface area (Å²) in [6.07, 6.45) is 1.22. The molecule has 1 aliphatic carbocycles. The van der Waals surface area contributed by atoms with Crippen molar-refractivity contribution < 1.29 is 13.9 Å². The maximum atomic E-state index is 13.1. The van der Waals surface area contributed by atoms with Crippen molar-refractivity contribution in [3.05, 3.63) is 29.8 Å². The molecule has 0 aromatic heterocycles. The van der Waals surface area contributed by atoms with Gasteiger partial charge in [-0.05, 0) is 30.4 Å². The van der Waals surface area contributed by atoms with E-state index in [-0.39, 0.29) is 31.0 Å². The first kappa shape index (κ1) is 14.3. The molecule has 1 aliphatic heterocycles. The lowest BCUT2D eigenvalue weighted by atomic mass is 9.75. The largest absolute Gasteiger partial charge is 0.496 e. The monoisotopic (exact) mass is 292 g/mol. The van der Waals surface area contributed by atoms with E-state index in [0.717, 1.165) is 18.6 Å². The van der Waals surface area contributed by atoms with Crippen LogP contribution in [-0.4, -0.2) is 37.8 Å². The predicted octanol–water partition coefficient (Wildman–Crippen LogP) is 1.76. The Morgan fingerprint density at radius 2 is 2.10 bits per heavy atom. The normalized spacial score (nSPS) is 31.5. The fraction of sp³-hybridized carbons (Fsp3) is 0.562. The maximum absolute atomic E-state index is 13.1. The lowest BCUT2D eigenvalue weighted by molar-refractivity contribution is -0.124. The molecule has 0 radical (unpaired) electrons. The van der Waals surface area contributed by atoms with Crippen LogP contribution < -0.4 is 15.4 Å². The number of rotatable bonds is 4. The lowest BCUT2D eigenvalue weighted by Gasteiger charge is -2.37. The van der Waals surface area contributed by atoms with Crippen molar-refractivity contribution in [3.8, 4) is 5.75 Å². The van der Waals surface area contributed by atoms with Crippen LogP contribution >= 0.6 is 0 Å². The molecule has 2 fully saturated rings. The molecule has 0 spiro atoms. The average Bonchev–Trinajstić information content (AvgIpc) is 2.89. The zero-order chi connectivity index (χ0) is 14.8. The number of carbonyl (C=O) groups excluding carboxylic acids is 1. The van der Waals surface area contributed by atoms with Crippen LogP contribution in [0.1, 0.15) is 30.7 Å². The van der Waals surface area contributed by atoms with E-state index < -0.39 is 6.17 Å². The molecule has 5 heteroatoms. The number of hydrogen-bond acceptors (Lipinski definition) is 3. The Labute approximate surface area is 124 Å². The fourth-order valence-electron chi connectivity index (χ4n) is 3.19. The number of amides is 1. The van der Waals surface area contributed by atoms with Crippen LogP contribution in [0.5, 0.6) is 5.75 Å². The predicted molar refractivity (Wildman–Crippen MR) is 78.2 cm³/mol. The summed E-state index contributed by atoms with van der Waals surface area (Å²) in [6.45, 7) is 0.284. The van der Waals surface area contributed by atoms with Crippen LogP contribution in [0.3, 0.4) is 0 Å². The quantitative estimate of drug-likeness (QED) is 0.889. The Balaban J connectivity index is 1.51. The van der Waals surface area contributed by atoms with Gasteiger partial charge >= 0.3 is 0 Å². The first-order valence-corrected chi connectivity index (χ1v) is 7.48. The average molecular weight is 292 g/mol. The number of alkyl halides is 1. The number of methoxy groups -OCH3 is 1. The van der Waals surface area contributed by atoms with Crippen molar-refractivity contribution in [2.24, 2.45) is 0 Å². The van der Waals surface area contributed by atoms with Crippen LogP contribution in [0, 0.1) is 0 Å². The van der Waals surface area contributed by atoms with Crippen molar-refractivity contribution in [1.29, 1.82) is 0 Å². The fourth-order valence-corrected chi connectivity index (χ4v) is 3.19. The first-order chi connectivity index (χ1) is 10.2. The Morgan fingerprint density at radius 1 is 1.33 bits per heavy atom. The minimum absolute atomic E-state index is 0.0707. The number of benzene rings is 1. The second-order valence-electron chi connectivity index (χ2n) is 5.91. The number of halogens is 1. The first-order valence-electron chi connectivity index (χ1n) is 7.48. The summed E-state index contributed by atoms with van der Waals surface area (Å²) in [6, 6.07) is 7.82. The second kappa shape index (κ2) is 6.02. The molecule has 2 atom stereocenters. The molecule has 2 N–H and O–H groups in total. The maximum Gasteiger partial charge on any atom is 0.237 e. The lowest BCUT2D eigenvalue weighted by Crippen LogP contribution is -2.49. The van der Waals surface area contributed by atoms with E-state index in [1.165, 1.54) is 5.56 Å². The molecule has 1 saturated carbocycles. The smallest absolute Gasteiger partial charge is 0.237 e. The number of nitrogens with one attached hydrogen (secondary N) is 2. The second-order valence-corrected chi connectivity index (χ2v) is 5.91. The van der Waals surface area contributed by atoms with E-state index in [1.807, 2.05) is 18.2 Å². The summed E-state index contributed by atoms with van der Waals surface area (Å²) in [4.78, 5) is 12.0. The summed E-state index contributed by atoms with van der Waals surface area (Å²) in [5, 5.41) is 5.92. The molecule has 0 unspecified atom stereocenters. The van der Waals surface area contributed by atoms with Gasteiger partial charge in [-0.1, -0.05) is 18.2 Å². The van der Waals surface area contributed by atoms with Crippen molar-refractivity contribution >= 4 is 5.91 Å². The van der Waals surface area contributed by atoms with Crippen molar-refractivity contribution in [2.45, 2.75) is 43.4 Å². The third kappa shape index (κ3) is 3.02. The molecule has 21 heavy (non-hydrogen) atoms. The number of para-hydroxylation sites is 1. The molecule has 0 bridgehead atoms. The van der Waals surface area contributed by atoms with E-state index in [1.54, 1.807) is 7.11 Å². The minimum atomic E-state index is -0.900. The molecule has 114 valence electrons. The van der Waals surface area contributed by atoms with Crippen LogP contribution in [0.2, 0.25) is 0 Å². The standard InChI is InChI=1S/C16H21FN2O2/c1-21-15-5-3-2-4-13(15)10-6-12(7-10)19-16(20)14-8-11(17)9-18-14/h2-5,10-12,14,18H,6-9H2,1H3,(H,19,20)/t10?,11-,12?,14+/m1/s1. The van der Waals surface area contributed by atoms with Gasteiger partial charge in [-0.2, -0.15) is 0 Å². The highest BCUT2D eigenvalue weighted by Gasteiger charge is 2.36. The minimum Gasteiger partial charge on any atom is -0.496 e. The Bertz CT molecular complexity index is 517. The molecule has 2 aliphatic rings. The van der Waals surface area contributed by atoms with Crippen LogP contribution in [0.25, 0.3) is 0 Å². The summed E-state index contributed by atoms with van der Waals surface area (Å²) in [5.41, 5.74) is 1.20. The highest BCUT2D eigenvalue weighted by Crippen LogP contribution is 2.40. The van der Waals surface area contributed by atoms with Gasteiger partial charge in [-0.25, -0.2) is 4.39 Å². The third-order valence-corrected chi connectivity index (χ3v) is 4.46. The van der Waals surface area contributed by atoms with Gasteiger partial charge in [0, 0.05) is 19.0 Å². The van der Waals surface area contributed by atoms with Gasteiger partial charge in [-0.15, -0.1) is 0 Å². The number of ether oxygens (including phenoxy) is 1. The van der Waals surface area contributed by atoms with E-state index in [0.29, 0.717) is 5.92 Å². The Morgan fingerprint density at radius 3 is 2.76 bits per heavy atom. The van der Waals surface area contributed by atoms with Crippen LogP contribution in [-0.2, 0) is 4.79 Å². The molecule has 4 nitrogen and oxygen atoms in total. The molecule has 3 rings (SSSR count). The highest BCUT2D eigenvalue weighted by atomic mass is 19.1. The zero-order valence-electron chi connectivity index (χ0n) is 12.1. The van der Waals surface area contributed by atoms with Gasteiger partial charge in [0.25, 0.3) is 0 Å². The van der Waals surface area contributed by atoms with Crippen LogP contribution in [0.4, 0.5) is 4.39 Å². The van der Waals surface area contributed by atoms with E-state index >= 15 is 0 Å². The molecule has 1 aromatic rings. The summed E-state index contributed by atoms with van der Waals surface area (Å²) < 4.78 is 18.5. The van der Waals surface area contributed by atoms with Gasteiger partial charge in [0.15, 0.2) is 0 Å². The van der Waals surface area contributed by atoms with E-state index in [9.17, 15) is 9.18 Å². The van der Waals surface area contributed by atoms with Crippen molar-refractivity contribution in [2.75, 3.05) is 13.7 Å². The Hall–Kier alpha value is -1.62. The van der Waals surface area contributed by atoms with Gasteiger partial charge in [0.2, 0.25) is 5.91 Å². The molecule has 1 heterocycles. The molecule has 1 aromatic carbocycles. The van der Waals surface area contributed by atoms with Gasteiger partial charge in [-0.3, -0.25) is 4.79 Å². The molecular weight excluding hydrogens is 271 g/mol. The summed E-state index contributed by atoms with van der Waals surface area (Å²) >= 11 is 0. The SMILES string of the molecule is COc1ccccc1C1CC(NC(=O)[C@@H]2C[C@@H](F)CN2)C1. The number of hydrogen-bond donors (Lipinski definition) is 2. The van der Waals surface area contributed by atoms with Gasteiger partial charge in [0.1, 0.15) is 11.9 Å². The molecular formula is C16H21FN2O2. The summed E-state index contributed by atoms with van der Waals surface area (Å²) in [5.74, 6) is 1.26. The molecule has 1 amide bonds. The van der Waals surface area contributed by atoms with Crippen LogP contribution in [0.15, 0.2) is 24.3 Å². The third-order valence-electron chi connectivity index (χ3n) is 4.46. The zero-order valence-corrected chi connectivity index (χ0v) is 12.1. The topological polar surface area (TPSA) is 50.4 Å². The van der Waals surface area contributed by atoms with E-state index in [2.05, 4.69) is 16.7 Å². The van der Waals surface area contributed by atoms with Gasteiger partial charge < -0.3 is 15.4 Å². The highest BCUT2D eigenvalue weighted by molar-refractivity contribution is 5.82. The van der Waals surface area contributed by atoms with Crippen molar-refractivity contribution in [3.63, 3.8) is 0 Å². The Kier molecular flexibility index (Phi) is 4.10. The number of carbonyl (C=O) groups is 1.